The summed E-state index contributed by atoms with van der Waals surface area (Å²) in [5.41, 5.74) is 1.93. The van der Waals surface area contributed by atoms with E-state index >= 15 is 0 Å². The third kappa shape index (κ3) is 3.91. The van der Waals surface area contributed by atoms with Crippen LogP contribution in [0.3, 0.4) is 0 Å². The number of methoxy groups -OCH3 is 2. The van der Waals surface area contributed by atoms with Gasteiger partial charge in [0.25, 0.3) is 0 Å². The zero-order chi connectivity index (χ0) is 22.6. The number of hydrogen-bond acceptors (Lipinski definition) is 5. The molecule has 0 unspecified atom stereocenters. The molecule has 3 atom stereocenters. The molecule has 1 aliphatic heterocycles. The Morgan fingerprint density at radius 1 is 1.23 bits per heavy atom. The topological polar surface area (TPSA) is 83.7 Å². The lowest BCUT2D eigenvalue weighted by atomic mass is 9.65. The van der Waals surface area contributed by atoms with Crippen molar-refractivity contribution in [2.45, 2.75) is 59.0 Å². The van der Waals surface area contributed by atoms with E-state index in [1.807, 2.05) is 19.1 Å². The Morgan fingerprint density at radius 3 is 2.65 bits per heavy atom. The monoisotopic (exact) mass is 427 g/mol. The lowest BCUT2D eigenvalue weighted by Crippen LogP contribution is -2.45. The van der Waals surface area contributed by atoms with E-state index in [9.17, 15) is 9.59 Å². The van der Waals surface area contributed by atoms with E-state index < -0.39 is 5.97 Å². The third-order valence-corrected chi connectivity index (χ3v) is 6.98. The number of fused-ring (bicyclic) bond motifs is 3. The van der Waals surface area contributed by atoms with Crippen molar-refractivity contribution in [1.82, 2.24) is 9.88 Å². The number of nitrogens with one attached hydrogen (secondary N) is 2. The van der Waals surface area contributed by atoms with Crippen molar-refractivity contribution in [3.05, 3.63) is 23.9 Å². The van der Waals surface area contributed by atoms with E-state index in [1.165, 1.54) is 13.5 Å². The molecule has 2 bridgehead atoms. The number of aromatic nitrogens is 1. The van der Waals surface area contributed by atoms with Gasteiger partial charge in [0.05, 0.1) is 31.5 Å². The molecular weight excluding hydrogens is 394 g/mol. The lowest BCUT2D eigenvalue weighted by Gasteiger charge is -2.40. The quantitative estimate of drug-likeness (QED) is 0.699. The minimum Gasteiger partial charge on any atom is -0.497 e. The highest BCUT2D eigenvalue weighted by Gasteiger charge is 2.51. The van der Waals surface area contributed by atoms with Crippen LogP contribution in [-0.4, -0.2) is 54.6 Å². The number of rotatable bonds is 5. The number of nitrogens with zero attached hydrogens (tertiary/aromatic N) is 1. The fraction of sp³-hybridized carbons (Fsp3) is 0.583. The maximum atomic E-state index is 13.3. The summed E-state index contributed by atoms with van der Waals surface area (Å²) in [5.74, 6) is 0.0249. The Kier molecular flexibility index (Phi) is 5.28. The van der Waals surface area contributed by atoms with Crippen LogP contribution in [0.4, 0.5) is 5.69 Å². The largest absolute Gasteiger partial charge is 0.497 e. The Hall–Kier alpha value is -2.54. The van der Waals surface area contributed by atoms with Gasteiger partial charge in [-0.25, -0.2) is 4.79 Å². The summed E-state index contributed by atoms with van der Waals surface area (Å²) in [6.07, 6.45) is 3.41. The Bertz CT molecular complexity index is 1030. The van der Waals surface area contributed by atoms with Crippen LogP contribution < -0.4 is 10.1 Å². The van der Waals surface area contributed by atoms with E-state index in [4.69, 9.17) is 9.47 Å². The van der Waals surface area contributed by atoms with E-state index in [-0.39, 0.29) is 28.5 Å². The number of H-pyrrole nitrogens is 1. The van der Waals surface area contributed by atoms with Crippen LogP contribution in [0.15, 0.2) is 18.2 Å². The van der Waals surface area contributed by atoms with Crippen LogP contribution in [0.1, 0.15) is 57.4 Å². The van der Waals surface area contributed by atoms with Gasteiger partial charge in [-0.3, -0.25) is 9.69 Å². The summed E-state index contributed by atoms with van der Waals surface area (Å²) in [6, 6.07) is 5.55. The van der Waals surface area contributed by atoms with Crippen molar-refractivity contribution in [2.75, 3.05) is 26.1 Å². The fourth-order valence-corrected chi connectivity index (χ4v) is 6.02. The number of ether oxygens (including phenoxy) is 2. The SMILES string of the molecule is COC(=O)c1[nH]c2cc(OC)ccc2c1NC(=O)[C@H](C)N1C[C@]2(C)C[C@@H]1CC(C)(C)C2. The van der Waals surface area contributed by atoms with Crippen molar-refractivity contribution in [3.8, 4) is 5.75 Å². The summed E-state index contributed by atoms with van der Waals surface area (Å²) in [4.78, 5) is 31.1. The first-order valence-corrected chi connectivity index (χ1v) is 10.9. The number of likely N-dealkylation sites (tertiary alicyclic amines) is 1. The van der Waals surface area contributed by atoms with Crippen LogP contribution in [0.2, 0.25) is 0 Å². The van der Waals surface area contributed by atoms with E-state index in [0.717, 1.165) is 24.8 Å². The minimum absolute atomic E-state index is 0.115. The Balaban J connectivity index is 1.62. The summed E-state index contributed by atoms with van der Waals surface area (Å²) in [5, 5.41) is 3.77. The normalized spacial score (nSPS) is 25.9. The first-order valence-electron chi connectivity index (χ1n) is 10.9. The number of aromatic amines is 1. The molecule has 1 amide bonds. The molecule has 2 heterocycles. The molecule has 2 N–H and O–H groups in total. The second-order valence-corrected chi connectivity index (χ2v) is 10.3. The van der Waals surface area contributed by atoms with Gasteiger partial charge in [0, 0.05) is 24.0 Å². The van der Waals surface area contributed by atoms with Crippen LogP contribution in [0.25, 0.3) is 10.9 Å². The molecule has 31 heavy (non-hydrogen) atoms. The molecule has 0 spiro atoms. The van der Waals surface area contributed by atoms with Crippen molar-refractivity contribution in [1.29, 1.82) is 0 Å². The molecule has 2 aliphatic rings. The number of carbonyl (C=O) groups is 2. The third-order valence-electron chi connectivity index (χ3n) is 6.98. The zero-order valence-electron chi connectivity index (χ0n) is 19.3. The van der Waals surface area contributed by atoms with Gasteiger partial charge in [0.15, 0.2) is 0 Å². The van der Waals surface area contributed by atoms with Crippen molar-refractivity contribution < 1.29 is 19.1 Å². The second-order valence-electron chi connectivity index (χ2n) is 10.3. The molecule has 1 aromatic heterocycles. The van der Waals surface area contributed by atoms with Gasteiger partial charge in [-0.2, -0.15) is 0 Å². The zero-order valence-corrected chi connectivity index (χ0v) is 19.3. The van der Waals surface area contributed by atoms with E-state index in [2.05, 4.69) is 36.0 Å². The first-order chi connectivity index (χ1) is 14.6. The number of amides is 1. The van der Waals surface area contributed by atoms with Gasteiger partial charge >= 0.3 is 5.97 Å². The predicted molar refractivity (Wildman–Crippen MR) is 121 cm³/mol. The van der Waals surface area contributed by atoms with Crippen molar-refractivity contribution >= 4 is 28.5 Å². The molecule has 0 radical (unpaired) electrons. The Morgan fingerprint density at radius 2 is 1.97 bits per heavy atom. The molecule has 1 aromatic carbocycles. The summed E-state index contributed by atoms with van der Waals surface area (Å²) >= 11 is 0. The number of esters is 1. The fourth-order valence-electron chi connectivity index (χ4n) is 6.02. The van der Waals surface area contributed by atoms with Gasteiger partial charge in [-0.1, -0.05) is 20.8 Å². The second kappa shape index (κ2) is 7.55. The van der Waals surface area contributed by atoms with Crippen LogP contribution in [0, 0.1) is 10.8 Å². The van der Waals surface area contributed by atoms with Crippen LogP contribution in [-0.2, 0) is 9.53 Å². The maximum Gasteiger partial charge on any atom is 0.356 e. The molecule has 1 saturated carbocycles. The summed E-state index contributed by atoms with van der Waals surface area (Å²) in [7, 11) is 2.92. The van der Waals surface area contributed by atoms with Crippen molar-refractivity contribution in [3.63, 3.8) is 0 Å². The molecule has 4 rings (SSSR count). The first kappa shape index (κ1) is 21.7. The number of anilines is 1. The van der Waals surface area contributed by atoms with Gasteiger partial charge in [-0.15, -0.1) is 0 Å². The van der Waals surface area contributed by atoms with Gasteiger partial charge in [0.1, 0.15) is 11.4 Å². The average Bonchev–Trinajstić information content (AvgIpc) is 3.19. The smallest absolute Gasteiger partial charge is 0.356 e. The van der Waals surface area contributed by atoms with Gasteiger partial charge < -0.3 is 19.8 Å². The molecule has 7 nitrogen and oxygen atoms in total. The minimum atomic E-state index is -0.524. The van der Waals surface area contributed by atoms with Crippen LogP contribution in [0.5, 0.6) is 5.75 Å². The molecule has 7 heteroatoms. The molecule has 2 aromatic rings. The molecule has 2 fully saturated rings. The van der Waals surface area contributed by atoms with E-state index in [0.29, 0.717) is 23.0 Å². The number of hydrogen-bond donors (Lipinski definition) is 2. The lowest BCUT2D eigenvalue weighted by molar-refractivity contribution is -0.121. The predicted octanol–water partition coefficient (Wildman–Crippen LogP) is 4.19. The average molecular weight is 428 g/mol. The molecule has 168 valence electrons. The Labute approximate surface area is 183 Å². The maximum absolute atomic E-state index is 13.3. The van der Waals surface area contributed by atoms with Gasteiger partial charge in [-0.05, 0) is 49.1 Å². The number of carbonyl (C=O) groups excluding carboxylic acids is 2. The van der Waals surface area contributed by atoms with E-state index in [1.54, 1.807) is 13.2 Å². The standard InChI is InChI=1S/C24H33N3O4/c1-14(27-13-24(4)11-15(27)10-23(2,3)12-24)21(28)26-19-17-8-7-16(30-5)9-18(17)25-20(19)22(29)31-6/h7-9,14-15,25H,10-13H2,1-6H3,(H,26,28)/t14-,15-,24+/m0/s1. The number of benzene rings is 1. The highest BCUT2D eigenvalue weighted by atomic mass is 16.5. The summed E-state index contributed by atoms with van der Waals surface area (Å²) < 4.78 is 10.2. The highest BCUT2D eigenvalue weighted by Crippen LogP contribution is 2.53. The van der Waals surface area contributed by atoms with Crippen molar-refractivity contribution in [2.24, 2.45) is 10.8 Å². The summed E-state index contributed by atoms with van der Waals surface area (Å²) in [6.45, 7) is 9.88. The van der Waals surface area contributed by atoms with Crippen LogP contribution >= 0.6 is 0 Å². The molecule has 1 saturated heterocycles. The molecule has 1 aliphatic carbocycles. The highest BCUT2D eigenvalue weighted by molar-refractivity contribution is 6.11. The molecular formula is C24H33N3O4. The van der Waals surface area contributed by atoms with Gasteiger partial charge in [0.2, 0.25) is 5.91 Å².